The zero-order chi connectivity index (χ0) is 22.7. The second-order valence-electron chi connectivity index (χ2n) is 7.81. The van der Waals surface area contributed by atoms with Crippen molar-refractivity contribution in [2.24, 2.45) is 0 Å². The molecule has 6 nitrogen and oxygen atoms in total. The molecule has 1 saturated heterocycles. The Bertz CT molecular complexity index is 1210. The van der Waals surface area contributed by atoms with E-state index in [9.17, 15) is 13.2 Å². The Morgan fingerprint density at radius 3 is 2.44 bits per heavy atom. The fourth-order valence-corrected chi connectivity index (χ4v) is 6.34. The van der Waals surface area contributed by atoms with Crippen LogP contribution >= 0.6 is 11.3 Å². The molecule has 0 bridgehead atoms. The zero-order valence-electron chi connectivity index (χ0n) is 18.1. The van der Waals surface area contributed by atoms with E-state index in [1.54, 1.807) is 12.1 Å². The van der Waals surface area contributed by atoms with Gasteiger partial charge in [0.25, 0.3) is 5.91 Å². The lowest BCUT2D eigenvalue weighted by Gasteiger charge is -2.26. The van der Waals surface area contributed by atoms with Crippen molar-refractivity contribution in [1.82, 2.24) is 4.31 Å². The highest BCUT2D eigenvalue weighted by molar-refractivity contribution is 7.89. The number of piperidine rings is 1. The molecular formula is C24H26N2O4S2. The van der Waals surface area contributed by atoms with E-state index >= 15 is 0 Å². The molecule has 3 aromatic rings. The van der Waals surface area contributed by atoms with Crippen LogP contribution < -0.4 is 10.1 Å². The van der Waals surface area contributed by atoms with Gasteiger partial charge in [-0.05, 0) is 55.0 Å². The van der Waals surface area contributed by atoms with Gasteiger partial charge in [-0.1, -0.05) is 36.2 Å². The van der Waals surface area contributed by atoms with Crippen LogP contribution in [-0.2, 0) is 10.0 Å². The second-order valence-corrected chi connectivity index (χ2v) is 10.6. The van der Waals surface area contributed by atoms with Crippen molar-refractivity contribution in [2.75, 3.05) is 25.5 Å². The number of hydrogen-bond donors (Lipinski definition) is 1. The molecule has 0 radical (unpaired) electrons. The van der Waals surface area contributed by atoms with Gasteiger partial charge in [0.2, 0.25) is 10.0 Å². The molecule has 0 aliphatic carbocycles. The average molecular weight is 471 g/mol. The molecule has 1 aliphatic heterocycles. The molecule has 2 heterocycles. The van der Waals surface area contributed by atoms with Crippen molar-refractivity contribution in [3.05, 3.63) is 64.4 Å². The Balaban J connectivity index is 1.62. The van der Waals surface area contributed by atoms with Crippen LogP contribution in [0.25, 0.3) is 11.1 Å². The lowest BCUT2D eigenvalue weighted by Crippen LogP contribution is -2.35. The Labute approximate surface area is 192 Å². The fraction of sp³-hybridized carbons (Fsp3) is 0.292. The summed E-state index contributed by atoms with van der Waals surface area (Å²) in [6.07, 6.45) is 2.72. The summed E-state index contributed by atoms with van der Waals surface area (Å²) < 4.78 is 33.3. The van der Waals surface area contributed by atoms with Crippen molar-refractivity contribution in [2.45, 2.75) is 31.1 Å². The molecule has 8 heteroatoms. The number of benzene rings is 2. The number of nitrogens with one attached hydrogen (secondary N) is 1. The summed E-state index contributed by atoms with van der Waals surface area (Å²) in [4.78, 5) is 13.7. The van der Waals surface area contributed by atoms with Gasteiger partial charge in [-0.2, -0.15) is 4.31 Å². The quantitative estimate of drug-likeness (QED) is 0.540. The third-order valence-corrected chi connectivity index (χ3v) is 8.42. The number of ether oxygens (including phenoxy) is 1. The second kappa shape index (κ2) is 9.44. The highest BCUT2D eigenvalue weighted by Crippen LogP contribution is 2.33. The van der Waals surface area contributed by atoms with Gasteiger partial charge in [-0.3, -0.25) is 4.79 Å². The molecular weight excluding hydrogens is 444 g/mol. The lowest BCUT2D eigenvalue weighted by atomic mass is 10.0. The van der Waals surface area contributed by atoms with E-state index in [0.29, 0.717) is 23.7 Å². The number of carbonyl (C=O) groups excluding carboxylic acids is 1. The first kappa shape index (κ1) is 22.5. The maximum absolute atomic E-state index is 13.2. The summed E-state index contributed by atoms with van der Waals surface area (Å²) in [5, 5.41) is 4.74. The normalized spacial score (nSPS) is 14.8. The Hall–Kier alpha value is -2.68. The van der Waals surface area contributed by atoms with Gasteiger partial charge in [0, 0.05) is 24.3 Å². The Kier molecular flexibility index (Phi) is 6.64. The van der Waals surface area contributed by atoms with Crippen LogP contribution in [0, 0.1) is 6.92 Å². The van der Waals surface area contributed by atoms with Crippen molar-refractivity contribution >= 4 is 33.0 Å². The van der Waals surface area contributed by atoms with Crippen molar-refractivity contribution in [3.8, 4) is 16.9 Å². The molecule has 2 aromatic carbocycles. The summed E-state index contributed by atoms with van der Waals surface area (Å²) in [6, 6.07) is 14.7. The molecule has 168 valence electrons. The van der Waals surface area contributed by atoms with E-state index in [-0.39, 0.29) is 16.6 Å². The van der Waals surface area contributed by atoms with E-state index in [1.165, 1.54) is 28.8 Å². The monoisotopic (exact) mass is 470 g/mol. The largest absolute Gasteiger partial charge is 0.495 e. The number of thiophene rings is 1. The molecule has 1 amide bonds. The van der Waals surface area contributed by atoms with Gasteiger partial charge in [-0.15, -0.1) is 11.3 Å². The third-order valence-electron chi connectivity index (χ3n) is 5.59. The van der Waals surface area contributed by atoms with Crippen LogP contribution in [-0.4, -0.2) is 38.8 Å². The summed E-state index contributed by atoms with van der Waals surface area (Å²) in [6.45, 7) is 3.01. The van der Waals surface area contributed by atoms with Crippen LogP contribution in [0.4, 0.5) is 5.69 Å². The molecule has 1 aromatic heterocycles. The highest BCUT2D eigenvalue weighted by atomic mass is 32.2. The summed E-state index contributed by atoms with van der Waals surface area (Å²) in [5.41, 5.74) is 3.37. The van der Waals surface area contributed by atoms with Gasteiger partial charge in [0.1, 0.15) is 10.6 Å². The first-order valence-corrected chi connectivity index (χ1v) is 12.9. The van der Waals surface area contributed by atoms with Crippen LogP contribution in [0.3, 0.4) is 0 Å². The molecule has 0 unspecified atom stereocenters. The number of anilines is 1. The standard InChI is InChI=1S/C24H26N2O4S2/c1-17-6-8-18(9-7-17)20-12-15-31-23(20)24(27)25-19-10-11-21(30-2)22(16-19)32(28,29)26-13-4-3-5-14-26/h6-12,15-16H,3-5,13-14H2,1-2H3,(H,25,27). The molecule has 0 saturated carbocycles. The smallest absolute Gasteiger partial charge is 0.266 e. The number of nitrogens with zero attached hydrogens (tertiary/aromatic N) is 1. The number of aryl methyl sites for hydroxylation is 1. The molecule has 0 spiro atoms. The van der Waals surface area contributed by atoms with Crippen molar-refractivity contribution in [1.29, 1.82) is 0 Å². The van der Waals surface area contributed by atoms with Gasteiger partial charge < -0.3 is 10.1 Å². The van der Waals surface area contributed by atoms with Crippen LogP contribution in [0.15, 0.2) is 58.8 Å². The van der Waals surface area contributed by atoms with E-state index < -0.39 is 10.0 Å². The van der Waals surface area contributed by atoms with E-state index in [2.05, 4.69) is 5.32 Å². The Morgan fingerprint density at radius 2 is 1.75 bits per heavy atom. The average Bonchev–Trinajstić information content (AvgIpc) is 3.30. The Morgan fingerprint density at radius 1 is 1.03 bits per heavy atom. The number of sulfonamides is 1. The zero-order valence-corrected chi connectivity index (χ0v) is 19.8. The highest BCUT2D eigenvalue weighted by Gasteiger charge is 2.29. The minimum Gasteiger partial charge on any atom is -0.495 e. The van der Waals surface area contributed by atoms with E-state index in [1.807, 2.05) is 42.6 Å². The van der Waals surface area contributed by atoms with Crippen molar-refractivity contribution in [3.63, 3.8) is 0 Å². The maximum Gasteiger partial charge on any atom is 0.266 e. The topological polar surface area (TPSA) is 75.7 Å². The summed E-state index contributed by atoms with van der Waals surface area (Å²) in [5.74, 6) is -0.00731. The molecule has 1 aliphatic rings. The molecule has 32 heavy (non-hydrogen) atoms. The first-order chi connectivity index (χ1) is 15.4. The van der Waals surface area contributed by atoms with Crippen molar-refractivity contribution < 1.29 is 17.9 Å². The maximum atomic E-state index is 13.2. The molecule has 0 atom stereocenters. The van der Waals surface area contributed by atoms with Gasteiger partial charge in [-0.25, -0.2) is 8.42 Å². The summed E-state index contributed by atoms with van der Waals surface area (Å²) >= 11 is 1.35. The number of methoxy groups -OCH3 is 1. The van der Waals surface area contributed by atoms with E-state index in [4.69, 9.17) is 4.74 Å². The lowest BCUT2D eigenvalue weighted by molar-refractivity contribution is 0.103. The van der Waals surface area contributed by atoms with Crippen LogP contribution in [0.2, 0.25) is 0 Å². The number of rotatable bonds is 6. The number of carbonyl (C=O) groups is 1. The minimum atomic E-state index is -3.71. The fourth-order valence-electron chi connectivity index (χ4n) is 3.83. The molecule has 4 rings (SSSR count). The SMILES string of the molecule is COc1ccc(NC(=O)c2sccc2-c2ccc(C)cc2)cc1S(=O)(=O)N1CCCCC1. The van der Waals surface area contributed by atoms with Gasteiger partial charge in [0.05, 0.1) is 12.0 Å². The number of amides is 1. The van der Waals surface area contributed by atoms with Crippen LogP contribution in [0.5, 0.6) is 5.75 Å². The third kappa shape index (κ3) is 4.57. The molecule has 1 N–H and O–H groups in total. The first-order valence-electron chi connectivity index (χ1n) is 10.5. The van der Waals surface area contributed by atoms with E-state index in [0.717, 1.165) is 36.0 Å². The predicted octanol–water partition coefficient (Wildman–Crippen LogP) is 5.16. The van der Waals surface area contributed by atoms with Crippen LogP contribution in [0.1, 0.15) is 34.5 Å². The van der Waals surface area contributed by atoms with Gasteiger partial charge >= 0.3 is 0 Å². The molecule has 1 fully saturated rings. The van der Waals surface area contributed by atoms with Gasteiger partial charge in [0.15, 0.2) is 0 Å². The predicted molar refractivity (Wildman–Crippen MR) is 128 cm³/mol. The minimum absolute atomic E-state index is 0.0737. The summed E-state index contributed by atoms with van der Waals surface area (Å²) in [7, 11) is -2.27. The number of hydrogen-bond acceptors (Lipinski definition) is 5.